The molecule has 0 aliphatic rings. The summed E-state index contributed by atoms with van der Waals surface area (Å²) < 4.78 is 17.4. The van der Waals surface area contributed by atoms with Crippen LogP contribution in [-0.4, -0.2) is 34.8 Å². The van der Waals surface area contributed by atoms with Crippen LogP contribution < -0.4 is 25.4 Å². The van der Waals surface area contributed by atoms with Gasteiger partial charge in [0, 0.05) is 18.7 Å². The summed E-state index contributed by atoms with van der Waals surface area (Å²) in [4.78, 5) is 36.7. The summed E-state index contributed by atoms with van der Waals surface area (Å²) in [5.74, 6) is -0.187. The summed E-state index contributed by atoms with van der Waals surface area (Å²) in [6, 6.07) is 29.7. The molecule has 1 unspecified atom stereocenters. The van der Waals surface area contributed by atoms with Crippen LogP contribution in [-0.2, 0) is 35.7 Å². The van der Waals surface area contributed by atoms with Crippen LogP contribution in [0.2, 0.25) is 0 Å². The molecule has 0 spiro atoms. The zero-order chi connectivity index (χ0) is 32.9. The molecule has 4 rings (SSSR count). The van der Waals surface area contributed by atoms with Gasteiger partial charge in [0.25, 0.3) is 0 Å². The van der Waals surface area contributed by atoms with Gasteiger partial charge in [0.05, 0.1) is 0 Å². The van der Waals surface area contributed by atoms with Crippen molar-refractivity contribution >= 4 is 23.8 Å². The van der Waals surface area contributed by atoms with Crippen LogP contribution in [0.3, 0.4) is 0 Å². The highest BCUT2D eigenvalue weighted by Crippen LogP contribution is 2.30. The first-order valence-corrected chi connectivity index (χ1v) is 14.9. The first kappa shape index (κ1) is 33.4. The number of hydrogen-bond acceptors (Lipinski definition) is 6. The van der Waals surface area contributed by atoms with E-state index in [0.29, 0.717) is 36.0 Å². The van der Waals surface area contributed by atoms with Crippen molar-refractivity contribution < 1.29 is 33.7 Å². The Kier molecular flexibility index (Phi) is 11.6. The van der Waals surface area contributed by atoms with Crippen molar-refractivity contribution in [1.82, 2.24) is 10.6 Å². The van der Waals surface area contributed by atoms with Crippen LogP contribution in [0.25, 0.3) is 0 Å². The van der Waals surface area contributed by atoms with Crippen molar-refractivity contribution in [3.63, 3.8) is 0 Å². The molecule has 46 heavy (non-hydrogen) atoms. The van der Waals surface area contributed by atoms with Crippen molar-refractivity contribution in [1.29, 1.82) is 0 Å². The number of carboxylic acids is 1. The number of amides is 3. The fraction of sp³-hybridized carbons (Fsp3) is 0.250. The Bertz CT molecular complexity index is 1590. The molecular weight excluding hydrogens is 586 g/mol. The molecule has 0 heterocycles. The zero-order valence-corrected chi connectivity index (χ0v) is 26.1. The van der Waals surface area contributed by atoms with Crippen LogP contribution in [0.15, 0.2) is 103 Å². The molecule has 0 fully saturated rings. The van der Waals surface area contributed by atoms with Gasteiger partial charge in [0.15, 0.2) is 11.5 Å². The summed E-state index contributed by atoms with van der Waals surface area (Å²) in [5, 5.41) is 17.8. The van der Waals surface area contributed by atoms with Gasteiger partial charge in [0.2, 0.25) is 0 Å². The monoisotopic (exact) mass is 625 g/mol. The molecule has 0 radical (unpaired) electrons. The second-order valence-electron chi connectivity index (χ2n) is 11.6. The van der Waals surface area contributed by atoms with Crippen molar-refractivity contribution in [3.8, 4) is 11.5 Å². The number of benzene rings is 4. The largest absolute Gasteiger partial charge is 0.485 e. The number of rotatable bonds is 13. The normalized spacial score (nSPS) is 11.5. The third-order valence-electron chi connectivity index (χ3n) is 6.58. The standard InChI is InChI=1S/C36H39N3O7/c1-36(2,3)46-35(43)38-29-17-14-25(15-18-29)22-37-34(42)39-30(33(40)41)20-28-16-19-31(44-23-26-10-6-4-7-11-26)32(21-28)45-24-27-12-8-5-9-13-27/h4-19,21,30H,20,22-24H2,1-3H3,(H,38,43)(H,40,41)(H2,37,39,42). The lowest BCUT2D eigenvalue weighted by atomic mass is 10.1. The van der Waals surface area contributed by atoms with E-state index in [0.717, 1.165) is 16.7 Å². The highest BCUT2D eigenvalue weighted by molar-refractivity contribution is 5.85. The van der Waals surface area contributed by atoms with Gasteiger partial charge in [-0.2, -0.15) is 0 Å². The van der Waals surface area contributed by atoms with E-state index in [4.69, 9.17) is 14.2 Å². The molecule has 10 heteroatoms. The van der Waals surface area contributed by atoms with Gasteiger partial charge in [-0.05, 0) is 67.3 Å². The Hall–Kier alpha value is -5.51. The maximum atomic E-state index is 12.7. The second-order valence-corrected chi connectivity index (χ2v) is 11.6. The average Bonchev–Trinajstić information content (AvgIpc) is 3.02. The van der Waals surface area contributed by atoms with Crippen LogP contribution in [0.1, 0.15) is 43.0 Å². The maximum Gasteiger partial charge on any atom is 0.412 e. The van der Waals surface area contributed by atoms with Gasteiger partial charge in [-0.25, -0.2) is 14.4 Å². The van der Waals surface area contributed by atoms with Crippen molar-refractivity contribution in [3.05, 3.63) is 125 Å². The maximum absolute atomic E-state index is 12.7. The molecule has 0 saturated heterocycles. The number of hydrogen-bond donors (Lipinski definition) is 4. The van der Waals surface area contributed by atoms with E-state index in [2.05, 4.69) is 16.0 Å². The Morgan fingerprint density at radius 3 is 1.85 bits per heavy atom. The third kappa shape index (κ3) is 11.2. The Labute approximate surface area is 268 Å². The van der Waals surface area contributed by atoms with E-state index in [9.17, 15) is 19.5 Å². The fourth-order valence-corrected chi connectivity index (χ4v) is 4.34. The molecule has 0 aromatic heterocycles. The zero-order valence-electron chi connectivity index (χ0n) is 26.1. The molecule has 10 nitrogen and oxygen atoms in total. The highest BCUT2D eigenvalue weighted by Gasteiger charge is 2.22. The minimum atomic E-state index is -1.20. The Morgan fingerprint density at radius 2 is 1.28 bits per heavy atom. The molecule has 1 atom stereocenters. The molecule has 3 amide bonds. The second kappa shape index (κ2) is 16.0. The van der Waals surface area contributed by atoms with Gasteiger partial charge in [0.1, 0.15) is 24.9 Å². The first-order chi connectivity index (χ1) is 22.0. The minimum Gasteiger partial charge on any atom is -0.485 e. The van der Waals surface area contributed by atoms with Crippen LogP contribution >= 0.6 is 0 Å². The topological polar surface area (TPSA) is 135 Å². The van der Waals surface area contributed by atoms with Gasteiger partial charge in [-0.1, -0.05) is 78.9 Å². The number of ether oxygens (including phenoxy) is 3. The van der Waals surface area contributed by atoms with Crippen LogP contribution in [0.4, 0.5) is 15.3 Å². The quantitative estimate of drug-likeness (QED) is 0.130. The van der Waals surface area contributed by atoms with Crippen molar-refractivity contribution in [2.75, 3.05) is 5.32 Å². The number of carbonyl (C=O) groups is 3. The van der Waals surface area contributed by atoms with E-state index in [1.807, 2.05) is 60.7 Å². The van der Waals surface area contributed by atoms with Crippen LogP contribution in [0, 0.1) is 0 Å². The van der Waals surface area contributed by atoms with E-state index < -0.39 is 29.7 Å². The Morgan fingerprint density at radius 1 is 0.717 bits per heavy atom. The number of carboxylic acid groups (broad SMARTS) is 1. The average molecular weight is 626 g/mol. The molecule has 4 N–H and O–H groups in total. The van der Waals surface area contributed by atoms with E-state index in [1.165, 1.54) is 0 Å². The minimum absolute atomic E-state index is 0.0223. The Balaban J connectivity index is 1.36. The predicted octanol–water partition coefficient (Wildman–Crippen LogP) is 6.69. The highest BCUT2D eigenvalue weighted by atomic mass is 16.6. The molecule has 0 bridgehead atoms. The number of carbonyl (C=O) groups excluding carboxylic acids is 2. The number of urea groups is 1. The van der Waals surface area contributed by atoms with Gasteiger partial charge < -0.3 is 30.0 Å². The molecule has 0 aliphatic heterocycles. The lowest BCUT2D eigenvalue weighted by Gasteiger charge is -2.19. The van der Waals surface area contributed by atoms with Crippen molar-refractivity contribution in [2.45, 2.75) is 58.6 Å². The summed E-state index contributed by atoms with van der Waals surface area (Å²) in [6.07, 6.45) is -0.546. The number of nitrogens with one attached hydrogen (secondary N) is 3. The van der Waals surface area contributed by atoms with Gasteiger partial charge >= 0.3 is 18.1 Å². The smallest absolute Gasteiger partial charge is 0.412 e. The van der Waals surface area contributed by atoms with E-state index in [1.54, 1.807) is 63.2 Å². The number of anilines is 1. The van der Waals surface area contributed by atoms with E-state index in [-0.39, 0.29) is 13.0 Å². The van der Waals surface area contributed by atoms with Gasteiger partial charge in [-0.15, -0.1) is 0 Å². The van der Waals surface area contributed by atoms with E-state index >= 15 is 0 Å². The summed E-state index contributed by atoms with van der Waals surface area (Å²) in [5.41, 5.74) is 3.29. The predicted molar refractivity (Wildman–Crippen MR) is 175 cm³/mol. The number of aliphatic carboxylic acids is 1. The lowest BCUT2D eigenvalue weighted by molar-refractivity contribution is -0.139. The fourth-order valence-electron chi connectivity index (χ4n) is 4.34. The van der Waals surface area contributed by atoms with Crippen LogP contribution in [0.5, 0.6) is 11.5 Å². The SMILES string of the molecule is CC(C)(C)OC(=O)Nc1ccc(CNC(=O)NC(Cc2ccc(OCc3ccccc3)c(OCc3ccccc3)c2)C(=O)O)cc1. The summed E-state index contributed by atoms with van der Waals surface area (Å²) >= 11 is 0. The third-order valence-corrected chi connectivity index (χ3v) is 6.58. The van der Waals surface area contributed by atoms with Gasteiger partial charge in [-0.3, -0.25) is 5.32 Å². The first-order valence-electron chi connectivity index (χ1n) is 14.9. The molecule has 0 aliphatic carbocycles. The summed E-state index contributed by atoms with van der Waals surface area (Å²) in [7, 11) is 0. The lowest BCUT2D eigenvalue weighted by Crippen LogP contribution is -2.46. The molecule has 0 saturated carbocycles. The molecule has 4 aromatic carbocycles. The summed E-state index contributed by atoms with van der Waals surface area (Å²) in [6.45, 7) is 6.12. The molecular formula is C36H39N3O7. The van der Waals surface area contributed by atoms with Crippen molar-refractivity contribution in [2.24, 2.45) is 0 Å². The molecule has 4 aromatic rings. The molecule has 240 valence electrons.